The molecule has 21 heavy (non-hydrogen) atoms. The molecule has 0 amide bonds. The van der Waals surface area contributed by atoms with Gasteiger partial charge >= 0.3 is 0 Å². The van der Waals surface area contributed by atoms with E-state index in [1.165, 1.54) is 0 Å². The first-order valence-electron chi connectivity index (χ1n) is 6.60. The van der Waals surface area contributed by atoms with Crippen LogP contribution in [0.1, 0.15) is 24.3 Å². The van der Waals surface area contributed by atoms with Crippen LogP contribution in [0.5, 0.6) is 0 Å². The van der Waals surface area contributed by atoms with Crippen LogP contribution in [0.2, 0.25) is 10.0 Å². The maximum atomic E-state index is 10.2. The zero-order valence-electron chi connectivity index (χ0n) is 11.6. The maximum absolute atomic E-state index is 10.2. The van der Waals surface area contributed by atoms with Crippen LogP contribution in [-0.2, 0) is 0 Å². The van der Waals surface area contributed by atoms with Gasteiger partial charge in [-0.15, -0.1) is 0 Å². The highest BCUT2D eigenvalue weighted by Gasteiger charge is 2.20. The van der Waals surface area contributed by atoms with Crippen LogP contribution in [0.15, 0.2) is 36.5 Å². The second kappa shape index (κ2) is 5.34. The van der Waals surface area contributed by atoms with Crippen LogP contribution >= 0.6 is 23.2 Å². The lowest BCUT2D eigenvalue weighted by atomic mass is 10.1. The lowest BCUT2D eigenvalue weighted by Gasteiger charge is -2.09. The van der Waals surface area contributed by atoms with Gasteiger partial charge in [-0.2, -0.15) is 0 Å². The van der Waals surface area contributed by atoms with E-state index in [9.17, 15) is 5.11 Å². The van der Waals surface area contributed by atoms with E-state index >= 15 is 0 Å². The molecule has 3 nitrogen and oxygen atoms in total. The van der Waals surface area contributed by atoms with Gasteiger partial charge in [0.2, 0.25) is 0 Å². The van der Waals surface area contributed by atoms with Crippen LogP contribution < -0.4 is 0 Å². The van der Waals surface area contributed by atoms with Gasteiger partial charge in [-0.1, -0.05) is 29.3 Å². The molecule has 3 aromatic rings. The summed E-state index contributed by atoms with van der Waals surface area (Å²) in [5, 5.41) is 11.2. The van der Waals surface area contributed by atoms with Crippen molar-refractivity contribution in [2.45, 2.75) is 20.0 Å². The monoisotopic (exact) mass is 320 g/mol. The van der Waals surface area contributed by atoms with E-state index in [1.807, 2.05) is 35.7 Å². The molecule has 0 aliphatic carbocycles. The van der Waals surface area contributed by atoms with Crippen molar-refractivity contribution in [1.82, 2.24) is 9.38 Å². The van der Waals surface area contributed by atoms with Crippen LogP contribution in [0.25, 0.3) is 16.9 Å². The minimum Gasteiger partial charge on any atom is -0.387 e. The number of aromatic nitrogens is 2. The molecule has 1 N–H and O–H groups in total. The Balaban J connectivity index is 2.36. The van der Waals surface area contributed by atoms with Crippen molar-refractivity contribution in [1.29, 1.82) is 0 Å². The number of hydrogen-bond acceptors (Lipinski definition) is 2. The summed E-state index contributed by atoms with van der Waals surface area (Å²) in [6, 6.07) is 9.20. The fraction of sp³-hybridized carbons (Fsp3) is 0.188. The molecular formula is C16H14Cl2N2O. The second-order valence-electron chi connectivity index (χ2n) is 5.03. The summed E-state index contributed by atoms with van der Waals surface area (Å²) in [5.74, 6) is 0. The molecule has 0 spiro atoms. The summed E-state index contributed by atoms with van der Waals surface area (Å²) in [7, 11) is 0. The van der Waals surface area contributed by atoms with Crippen molar-refractivity contribution in [3.63, 3.8) is 0 Å². The Bertz CT molecular complexity index is 825. The Hall–Kier alpha value is -1.55. The molecule has 0 radical (unpaired) electrons. The number of hydrogen-bond donors (Lipinski definition) is 1. The third-order valence-electron chi connectivity index (χ3n) is 3.46. The van der Waals surface area contributed by atoms with E-state index in [0.717, 1.165) is 22.5 Å². The minimum atomic E-state index is -0.663. The van der Waals surface area contributed by atoms with Crippen molar-refractivity contribution in [2.24, 2.45) is 0 Å². The molecule has 5 heteroatoms. The number of pyridine rings is 1. The zero-order chi connectivity index (χ0) is 15.1. The fourth-order valence-corrected chi connectivity index (χ4v) is 3.00. The van der Waals surface area contributed by atoms with Crippen molar-refractivity contribution in [2.75, 3.05) is 0 Å². The molecule has 0 saturated carbocycles. The molecule has 1 atom stereocenters. The fourth-order valence-electron chi connectivity index (χ4n) is 2.50. The summed E-state index contributed by atoms with van der Waals surface area (Å²) in [6.45, 7) is 3.71. The number of rotatable bonds is 2. The Kier molecular flexibility index (Phi) is 3.66. The summed E-state index contributed by atoms with van der Waals surface area (Å²) in [4.78, 5) is 4.67. The predicted octanol–water partition coefficient (Wildman–Crippen LogP) is 4.67. The van der Waals surface area contributed by atoms with Crippen molar-refractivity contribution >= 4 is 28.8 Å². The minimum absolute atomic E-state index is 0.519. The van der Waals surface area contributed by atoms with Crippen molar-refractivity contribution < 1.29 is 5.11 Å². The molecule has 0 saturated heterocycles. The lowest BCUT2D eigenvalue weighted by Crippen LogP contribution is -1.99. The first-order valence-corrected chi connectivity index (χ1v) is 7.35. The smallest absolute Gasteiger partial charge is 0.140 e. The Morgan fingerprint density at radius 3 is 2.67 bits per heavy atom. The van der Waals surface area contributed by atoms with E-state index in [-0.39, 0.29) is 0 Å². The van der Waals surface area contributed by atoms with E-state index in [2.05, 4.69) is 4.98 Å². The number of fused-ring (bicyclic) bond motifs is 1. The van der Waals surface area contributed by atoms with Crippen LogP contribution in [-0.4, -0.2) is 14.5 Å². The Morgan fingerprint density at radius 2 is 2.00 bits per heavy atom. The van der Waals surface area contributed by atoms with E-state index in [0.29, 0.717) is 15.7 Å². The third-order valence-corrected chi connectivity index (χ3v) is 4.01. The highest BCUT2D eigenvalue weighted by molar-refractivity contribution is 6.36. The van der Waals surface area contributed by atoms with Crippen LogP contribution in [0.4, 0.5) is 0 Å². The van der Waals surface area contributed by atoms with Gasteiger partial charge in [0, 0.05) is 16.8 Å². The largest absolute Gasteiger partial charge is 0.387 e. The number of benzene rings is 1. The molecule has 0 fully saturated rings. The maximum Gasteiger partial charge on any atom is 0.140 e. The summed E-state index contributed by atoms with van der Waals surface area (Å²) in [5.41, 5.74) is 4.02. The van der Waals surface area contributed by atoms with E-state index in [4.69, 9.17) is 23.2 Å². The van der Waals surface area contributed by atoms with Gasteiger partial charge in [-0.3, -0.25) is 0 Å². The molecule has 108 valence electrons. The highest BCUT2D eigenvalue weighted by atomic mass is 35.5. The SMILES string of the molecule is Cc1cccn2c(C(C)O)c(-c3ccc(Cl)cc3Cl)nc12. The van der Waals surface area contributed by atoms with Gasteiger partial charge in [-0.05, 0) is 43.7 Å². The molecule has 0 aliphatic rings. The highest BCUT2D eigenvalue weighted by Crippen LogP contribution is 2.35. The quantitative estimate of drug-likeness (QED) is 0.745. The van der Waals surface area contributed by atoms with E-state index in [1.54, 1.807) is 19.1 Å². The zero-order valence-corrected chi connectivity index (χ0v) is 13.2. The van der Waals surface area contributed by atoms with Gasteiger partial charge in [-0.25, -0.2) is 4.98 Å². The number of aryl methyl sites for hydroxylation is 1. The molecule has 2 heterocycles. The normalized spacial score (nSPS) is 12.8. The lowest BCUT2D eigenvalue weighted by molar-refractivity contribution is 0.194. The number of halogens is 2. The predicted molar refractivity (Wildman–Crippen MR) is 86.0 cm³/mol. The first-order chi connectivity index (χ1) is 9.99. The Labute approximate surface area is 132 Å². The van der Waals surface area contributed by atoms with Crippen molar-refractivity contribution in [3.05, 3.63) is 57.8 Å². The molecule has 3 rings (SSSR count). The number of aliphatic hydroxyl groups is 1. The molecule has 2 aromatic heterocycles. The van der Waals surface area contributed by atoms with Crippen LogP contribution in [0.3, 0.4) is 0 Å². The average Bonchev–Trinajstić information content (AvgIpc) is 2.79. The van der Waals surface area contributed by atoms with Gasteiger partial charge in [0.15, 0.2) is 0 Å². The molecule has 1 unspecified atom stereocenters. The molecular weight excluding hydrogens is 307 g/mol. The average molecular weight is 321 g/mol. The van der Waals surface area contributed by atoms with E-state index < -0.39 is 6.10 Å². The molecule has 0 bridgehead atoms. The van der Waals surface area contributed by atoms with Gasteiger partial charge in [0.1, 0.15) is 5.65 Å². The van der Waals surface area contributed by atoms with Gasteiger partial charge < -0.3 is 9.51 Å². The van der Waals surface area contributed by atoms with Crippen molar-refractivity contribution in [3.8, 4) is 11.3 Å². The third kappa shape index (κ3) is 2.42. The number of nitrogens with zero attached hydrogens (tertiary/aromatic N) is 2. The second-order valence-corrected chi connectivity index (χ2v) is 5.87. The molecule has 0 aliphatic heterocycles. The first kappa shape index (κ1) is 14.4. The van der Waals surface area contributed by atoms with Gasteiger partial charge in [0.05, 0.1) is 22.5 Å². The summed E-state index contributed by atoms with van der Waals surface area (Å²) in [6.07, 6.45) is 1.23. The topological polar surface area (TPSA) is 37.5 Å². The molecule has 1 aromatic carbocycles. The summed E-state index contributed by atoms with van der Waals surface area (Å²) >= 11 is 12.2. The number of imidazole rings is 1. The summed E-state index contributed by atoms with van der Waals surface area (Å²) < 4.78 is 1.90. The van der Waals surface area contributed by atoms with Crippen LogP contribution in [0, 0.1) is 6.92 Å². The number of aliphatic hydroxyl groups excluding tert-OH is 1. The Morgan fingerprint density at radius 1 is 1.24 bits per heavy atom. The van der Waals surface area contributed by atoms with Gasteiger partial charge in [0.25, 0.3) is 0 Å². The standard InChI is InChI=1S/C16H14Cl2N2O/c1-9-4-3-7-20-15(10(2)21)14(19-16(9)20)12-6-5-11(17)8-13(12)18/h3-8,10,21H,1-2H3.